The molecule has 1 unspecified atom stereocenters. The van der Waals surface area contributed by atoms with Gasteiger partial charge < -0.3 is 20.7 Å². The van der Waals surface area contributed by atoms with Gasteiger partial charge in [-0.3, -0.25) is 9.59 Å². The lowest BCUT2D eigenvalue weighted by atomic mass is 9.95. The van der Waals surface area contributed by atoms with E-state index < -0.39 is 6.04 Å². The van der Waals surface area contributed by atoms with Gasteiger partial charge in [-0.25, -0.2) is 0 Å². The van der Waals surface area contributed by atoms with E-state index in [9.17, 15) is 9.59 Å². The molecular formula is C18H27N3O3. The standard InChI is InChI=1S/C18H27N3O3/c1-13-3-5-14(6-4-13)11-20-17(22)15-7-9-21(10-8-15)18(23)16(19)12-24-2/h3-6,15-16H,7-12,19H2,1-2H3,(H,20,22). The van der Waals surface area contributed by atoms with E-state index in [-0.39, 0.29) is 24.3 Å². The predicted octanol–water partition coefficient (Wildman–Crippen LogP) is 0.824. The molecule has 1 fully saturated rings. The van der Waals surface area contributed by atoms with Crippen molar-refractivity contribution in [3.63, 3.8) is 0 Å². The van der Waals surface area contributed by atoms with Gasteiger partial charge in [0.05, 0.1) is 6.61 Å². The van der Waals surface area contributed by atoms with Crippen molar-refractivity contribution in [3.05, 3.63) is 35.4 Å². The minimum Gasteiger partial charge on any atom is -0.383 e. The quantitative estimate of drug-likeness (QED) is 0.807. The van der Waals surface area contributed by atoms with Crippen LogP contribution in [0.25, 0.3) is 0 Å². The average Bonchev–Trinajstić information content (AvgIpc) is 2.60. The molecule has 132 valence electrons. The zero-order valence-corrected chi connectivity index (χ0v) is 14.5. The van der Waals surface area contributed by atoms with Crippen LogP contribution in [0.5, 0.6) is 0 Å². The van der Waals surface area contributed by atoms with Crippen molar-refractivity contribution in [1.29, 1.82) is 0 Å². The molecule has 0 saturated carbocycles. The van der Waals surface area contributed by atoms with Crippen molar-refractivity contribution in [3.8, 4) is 0 Å². The lowest BCUT2D eigenvalue weighted by Gasteiger charge is -2.32. The Balaban J connectivity index is 1.76. The molecule has 0 radical (unpaired) electrons. The Morgan fingerprint density at radius 3 is 2.50 bits per heavy atom. The van der Waals surface area contributed by atoms with E-state index in [0.717, 1.165) is 5.56 Å². The summed E-state index contributed by atoms with van der Waals surface area (Å²) >= 11 is 0. The van der Waals surface area contributed by atoms with Crippen molar-refractivity contribution in [2.24, 2.45) is 11.7 Å². The van der Waals surface area contributed by atoms with Crippen molar-refractivity contribution in [1.82, 2.24) is 10.2 Å². The number of amides is 2. The van der Waals surface area contributed by atoms with Crippen LogP contribution in [0.4, 0.5) is 0 Å². The fraction of sp³-hybridized carbons (Fsp3) is 0.556. The average molecular weight is 333 g/mol. The van der Waals surface area contributed by atoms with Gasteiger partial charge in [-0.05, 0) is 25.3 Å². The first-order valence-corrected chi connectivity index (χ1v) is 8.38. The van der Waals surface area contributed by atoms with Gasteiger partial charge in [0.1, 0.15) is 6.04 Å². The smallest absolute Gasteiger partial charge is 0.241 e. The number of hydrogen-bond acceptors (Lipinski definition) is 4. The Bertz CT molecular complexity index is 551. The first kappa shape index (κ1) is 18.4. The SMILES string of the molecule is COCC(N)C(=O)N1CCC(C(=O)NCc2ccc(C)cc2)CC1. The summed E-state index contributed by atoms with van der Waals surface area (Å²) in [5.41, 5.74) is 8.07. The number of carbonyl (C=O) groups is 2. The minimum absolute atomic E-state index is 0.0434. The second-order valence-corrected chi connectivity index (χ2v) is 6.36. The second-order valence-electron chi connectivity index (χ2n) is 6.36. The van der Waals surface area contributed by atoms with Crippen molar-refractivity contribution in [2.45, 2.75) is 32.4 Å². The highest BCUT2D eigenvalue weighted by molar-refractivity contribution is 5.83. The van der Waals surface area contributed by atoms with Crippen molar-refractivity contribution < 1.29 is 14.3 Å². The minimum atomic E-state index is -0.623. The summed E-state index contributed by atoms with van der Waals surface area (Å²) in [4.78, 5) is 26.1. The molecule has 1 aliphatic heterocycles. The van der Waals surface area contributed by atoms with Crippen LogP contribution in [0.2, 0.25) is 0 Å². The molecule has 1 aromatic rings. The normalized spacial score (nSPS) is 16.7. The summed E-state index contributed by atoms with van der Waals surface area (Å²) in [6.07, 6.45) is 1.34. The van der Waals surface area contributed by atoms with Crippen LogP contribution in [0, 0.1) is 12.8 Å². The highest BCUT2D eigenvalue weighted by Gasteiger charge is 2.29. The second kappa shape index (κ2) is 8.80. The highest BCUT2D eigenvalue weighted by atomic mass is 16.5. The molecule has 0 aliphatic carbocycles. The van der Waals surface area contributed by atoms with E-state index in [1.165, 1.54) is 12.7 Å². The number of ether oxygens (including phenoxy) is 1. The van der Waals surface area contributed by atoms with Crippen LogP contribution in [-0.2, 0) is 20.9 Å². The molecule has 3 N–H and O–H groups in total. The molecule has 2 rings (SSSR count). The number of nitrogens with zero attached hydrogens (tertiary/aromatic N) is 1. The third-order valence-electron chi connectivity index (χ3n) is 4.43. The Labute approximate surface area is 143 Å². The third-order valence-corrected chi connectivity index (χ3v) is 4.43. The molecular weight excluding hydrogens is 306 g/mol. The molecule has 2 amide bonds. The number of nitrogens with two attached hydrogens (primary N) is 1. The fourth-order valence-corrected chi connectivity index (χ4v) is 2.89. The van der Waals surface area contributed by atoms with Gasteiger partial charge in [-0.1, -0.05) is 29.8 Å². The molecule has 0 aromatic heterocycles. The maximum absolute atomic E-state index is 12.3. The van der Waals surface area contributed by atoms with Gasteiger partial charge in [-0.15, -0.1) is 0 Å². The lowest BCUT2D eigenvalue weighted by Crippen LogP contribution is -2.50. The van der Waals surface area contributed by atoms with Gasteiger partial charge in [0, 0.05) is 32.7 Å². The van der Waals surface area contributed by atoms with Crippen molar-refractivity contribution in [2.75, 3.05) is 26.8 Å². The Hall–Kier alpha value is -1.92. The van der Waals surface area contributed by atoms with Gasteiger partial charge >= 0.3 is 0 Å². The summed E-state index contributed by atoms with van der Waals surface area (Å²) in [6, 6.07) is 7.49. The number of aryl methyl sites for hydroxylation is 1. The van der Waals surface area contributed by atoms with E-state index in [1.54, 1.807) is 4.90 Å². The molecule has 0 spiro atoms. The molecule has 24 heavy (non-hydrogen) atoms. The molecule has 1 heterocycles. The van der Waals surface area contributed by atoms with Gasteiger partial charge in [0.2, 0.25) is 11.8 Å². The van der Waals surface area contributed by atoms with Crippen LogP contribution in [0.1, 0.15) is 24.0 Å². The zero-order valence-electron chi connectivity index (χ0n) is 14.5. The molecule has 6 nitrogen and oxygen atoms in total. The summed E-state index contributed by atoms with van der Waals surface area (Å²) in [6.45, 7) is 3.93. The van der Waals surface area contributed by atoms with Gasteiger partial charge in [0.25, 0.3) is 0 Å². The van der Waals surface area contributed by atoms with E-state index in [1.807, 2.05) is 31.2 Å². The Morgan fingerprint density at radius 1 is 1.29 bits per heavy atom. The molecule has 1 aromatic carbocycles. The monoisotopic (exact) mass is 333 g/mol. The van der Waals surface area contributed by atoms with Crippen LogP contribution in [0.3, 0.4) is 0 Å². The Morgan fingerprint density at radius 2 is 1.92 bits per heavy atom. The van der Waals surface area contributed by atoms with Crippen LogP contribution >= 0.6 is 0 Å². The predicted molar refractivity (Wildman–Crippen MR) is 92.2 cm³/mol. The van der Waals surface area contributed by atoms with Crippen LogP contribution in [-0.4, -0.2) is 49.6 Å². The van der Waals surface area contributed by atoms with E-state index in [0.29, 0.717) is 32.5 Å². The maximum atomic E-state index is 12.3. The lowest BCUT2D eigenvalue weighted by molar-refractivity contribution is -0.137. The summed E-state index contributed by atoms with van der Waals surface area (Å²) < 4.78 is 4.92. The van der Waals surface area contributed by atoms with Crippen molar-refractivity contribution >= 4 is 11.8 Å². The third kappa shape index (κ3) is 5.04. The number of methoxy groups -OCH3 is 1. The first-order chi connectivity index (χ1) is 11.5. The Kier molecular flexibility index (Phi) is 6.75. The number of nitrogens with one attached hydrogen (secondary N) is 1. The van der Waals surface area contributed by atoms with E-state index in [4.69, 9.17) is 10.5 Å². The highest BCUT2D eigenvalue weighted by Crippen LogP contribution is 2.18. The molecule has 1 saturated heterocycles. The zero-order chi connectivity index (χ0) is 17.5. The molecule has 6 heteroatoms. The number of piperidine rings is 1. The van der Waals surface area contributed by atoms with Crippen LogP contribution in [0.15, 0.2) is 24.3 Å². The van der Waals surface area contributed by atoms with Gasteiger partial charge in [0.15, 0.2) is 0 Å². The number of hydrogen-bond donors (Lipinski definition) is 2. The van der Waals surface area contributed by atoms with Crippen LogP contribution < -0.4 is 11.1 Å². The van der Waals surface area contributed by atoms with E-state index in [2.05, 4.69) is 5.32 Å². The topological polar surface area (TPSA) is 84.7 Å². The largest absolute Gasteiger partial charge is 0.383 e. The van der Waals surface area contributed by atoms with E-state index >= 15 is 0 Å². The van der Waals surface area contributed by atoms with Gasteiger partial charge in [-0.2, -0.15) is 0 Å². The number of rotatable bonds is 6. The summed E-state index contributed by atoms with van der Waals surface area (Å²) in [7, 11) is 1.53. The maximum Gasteiger partial charge on any atom is 0.241 e. The molecule has 1 aliphatic rings. The fourth-order valence-electron chi connectivity index (χ4n) is 2.89. The molecule has 1 atom stereocenters. The number of benzene rings is 1. The number of likely N-dealkylation sites (tertiary alicyclic amines) is 1. The number of carbonyl (C=O) groups excluding carboxylic acids is 2. The first-order valence-electron chi connectivity index (χ1n) is 8.38. The summed E-state index contributed by atoms with van der Waals surface area (Å²) in [5.74, 6) is -0.0858. The summed E-state index contributed by atoms with van der Waals surface area (Å²) in [5, 5.41) is 2.99. The molecule has 0 bridgehead atoms.